The molecule has 3 rings (SSSR count). The van der Waals surface area contributed by atoms with E-state index in [0.717, 1.165) is 17.7 Å². The molecule has 9 heteroatoms. The number of rotatable bonds is 5. The number of thiophene rings is 1. The van der Waals surface area contributed by atoms with Crippen molar-refractivity contribution in [2.24, 2.45) is 5.84 Å². The number of hydrogen-bond donors (Lipinski definition) is 3. The smallest absolute Gasteiger partial charge is 0.289 e. The molecule has 0 aliphatic heterocycles. The van der Waals surface area contributed by atoms with Gasteiger partial charge in [0.05, 0.1) is 4.88 Å². The maximum atomic E-state index is 11.6. The molecule has 20 heavy (non-hydrogen) atoms. The van der Waals surface area contributed by atoms with Crippen LogP contribution in [0.5, 0.6) is 0 Å². The lowest BCUT2D eigenvalue weighted by Gasteiger charge is -2.01. The lowest BCUT2D eigenvalue weighted by molar-refractivity contribution is 0.0957. The molecule has 0 saturated heterocycles. The topological polar surface area (TPSA) is 106 Å². The summed E-state index contributed by atoms with van der Waals surface area (Å²) in [6.45, 7) is 0. The number of hydrazine groups is 1. The van der Waals surface area contributed by atoms with Crippen molar-refractivity contribution in [2.75, 3.05) is 0 Å². The van der Waals surface area contributed by atoms with Gasteiger partial charge in [0, 0.05) is 16.7 Å². The predicted molar refractivity (Wildman–Crippen MR) is 76.7 cm³/mol. The van der Waals surface area contributed by atoms with Crippen molar-refractivity contribution in [2.45, 2.75) is 29.8 Å². The summed E-state index contributed by atoms with van der Waals surface area (Å²) in [6.07, 6.45) is 2.07. The van der Waals surface area contributed by atoms with Gasteiger partial charge in [0.25, 0.3) is 5.91 Å². The van der Waals surface area contributed by atoms with Crippen LogP contribution in [0.2, 0.25) is 0 Å². The van der Waals surface area contributed by atoms with Crippen molar-refractivity contribution < 1.29 is 4.79 Å². The van der Waals surface area contributed by atoms with E-state index >= 15 is 0 Å². The maximum Gasteiger partial charge on any atom is 0.344 e. The van der Waals surface area contributed by atoms with Gasteiger partial charge >= 0.3 is 5.69 Å². The number of thioether (sulfide) groups is 1. The Kier molecular flexibility index (Phi) is 3.64. The molecule has 0 bridgehead atoms. The summed E-state index contributed by atoms with van der Waals surface area (Å²) in [6, 6.07) is 3.92. The molecular formula is C11H13N5O2S2. The predicted octanol–water partition coefficient (Wildman–Crippen LogP) is 0.864. The Balaban J connectivity index is 1.69. The highest BCUT2D eigenvalue weighted by Gasteiger charge is 2.28. The molecule has 106 valence electrons. The monoisotopic (exact) mass is 311 g/mol. The minimum absolute atomic E-state index is 0.149. The van der Waals surface area contributed by atoms with Gasteiger partial charge in [-0.3, -0.25) is 14.8 Å². The van der Waals surface area contributed by atoms with E-state index in [1.54, 1.807) is 10.6 Å². The van der Waals surface area contributed by atoms with E-state index in [-0.39, 0.29) is 11.6 Å². The van der Waals surface area contributed by atoms with Gasteiger partial charge in [-0.1, -0.05) is 11.8 Å². The van der Waals surface area contributed by atoms with E-state index in [2.05, 4.69) is 15.6 Å². The Morgan fingerprint density at radius 1 is 1.60 bits per heavy atom. The van der Waals surface area contributed by atoms with Gasteiger partial charge in [-0.25, -0.2) is 15.7 Å². The number of nitrogen functional groups attached to an aromatic ring is 1. The first kappa shape index (κ1) is 13.4. The van der Waals surface area contributed by atoms with Crippen LogP contribution in [0, 0.1) is 0 Å². The SMILES string of the molecule is NNC(=O)c1ccc(CSc2n[nH]c(=O)n2C2CC2)s1. The van der Waals surface area contributed by atoms with Crippen LogP contribution < -0.4 is 17.0 Å². The van der Waals surface area contributed by atoms with Crippen molar-refractivity contribution in [3.8, 4) is 0 Å². The molecule has 1 amide bonds. The maximum absolute atomic E-state index is 11.6. The van der Waals surface area contributed by atoms with Gasteiger partial charge in [0.2, 0.25) is 0 Å². The van der Waals surface area contributed by atoms with Crippen molar-refractivity contribution in [1.82, 2.24) is 20.2 Å². The Morgan fingerprint density at radius 2 is 2.40 bits per heavy atom. The number of hydrogen-bond acceptors (Lipinski definition) is 6. The Bertz CT molecular complexity index is 685. The summed E-state index contributed by atoms with van der Waals surface area (Å²) in [7, 11) is 0. The minimum Gasteiger partial charge on any atom is -0.289 e. The number of nitrogens with zero attached hydrogens (tertiary/aromatic N) is 2. The third-order valence-corrected chi connectivity index (χ3v) is 5.21. The fourth-order valence-corrected chi connectivity index (χ4v) is 3.80. The Morgan fingerprint density at radius 3 is 3.10 bits per heavy atom. The van der Waals surface area contributed by atoms with Crippen LogP contribution in [-0.2, 0) is 5.75 Å². The summed E-state index contributed by atoms with van der Waals surface area (Å²) >= 11 is 2.87. The van der Waals surface area contributed by atoms with E-state index in [0.29, 0.717) is 21.8 Å². The van der Waals surface area contributed by atoms with Gasteiger partial charge in [0.15, 0.2) is 5.16 Å². The number of amides is 1. The van der Waals surface area contributed by atoms with Gasteiger partial charge in [-0.2, -0.15) is 0 Å². The highest BCUT2D eigenvalue weighted by Crippen LogP contribution is 2.36. The molecule has 0 atom stereocenters. The summed E-state index contributed by atoms with van der Waals surface area (Å²) in [5.41, 5.74) is 1.96. The van der Waals surface area contributed by atoms with Gasteiger partial charge < -0.3 is 0 Å². The second kappa shape index (κ2) is 5.43. The van der Waals surface area contributed by atoms with Crippen molar-refractivity contribution in [3.05, 3.63) is 32.4 Å². The lowest BCUT2D eigenvalue weighted by Crippen LogP contribution is -2.29. The molecule has 0 unspecified atom stereocenters. The number of nitrogens with two attached hydrogens (primary N) is 1. The van der Waals surface area contributed by atoms with E-state index in [9.17, 15) is 9.59 Å². The molecule has 2 aromatic heterocycles. The molecule has 7 nitrogen and oxygen atoms in total. The van der Waals surface area contributed by atoms with Crippen molar-refractivity contribution in [3.63, 3.8) is 0 Å². The minimum atomic E-state index is -0.291. The van der Waals surface area contributed by atoms with Crippen LogP contribution in [-0.4, -0.2) is 20.7 Å². The first-order valence-electron chi connectivity index (χ1n) is 6.08. The molecule has 0 spiro atoms. The second-order valence-corrected chi connectivity index (χ2v) is 6.55. The van der Waals surface area contributed by atoms with Gasteiger partial charge in [0.1, 0.15) is 0 Å². The average molecular weight is 311 g/mol. The van der Waals surface area contributed by atoms with E-state index in [1.165, 1.54) is 23.1 Å². The highest BCUT2D eigenvalue weighted by atomic mass is 32.2. The molecule has 2 aromatic rings. The van der Waals surface area contributed by atoms with Crippen LogP contribution >= 0.6 is 23.1 Å². The molecule has 1 fully saturated rings. The molecular weight excluding hydrogens is 298 g/mol. The number of carbonyl (C=O) groups is 1. The van der Waals surface area contributed by atoms with Crippen molar-refractivity contribution in [1.29, 1.82) is 0 Å². The summed E-state index contributed by atoms with van der Waals surface area (Å²) in [5.74, 6) is 5.47. The third-order valence-electron chi connectivity index (χ3n) is 2.94. The van der Waals surface area contributed by atoms with Crippen LogP contribution in [0.1, 0.15) is 33.4 Å². The fourth-order valence-electron chi connectivity index (χ4n) is 1.83. The number of H-pyrrole nitrogens is 1. The molecule has 2 heterocycles. The normalized spacial score (nSPS) is 14.4. The zero-order valence-corrected chi connectivity index (χ0v) is 12.1. The standard InChI is InChI=1S/C11H13N5O2S2/c12-13-9(17)8-4-3-7(20-8)5-19-11-15-14-10(18)16(11)6-1-2-6/h3-4,6H,1-2,5,12H2,(H,13,17)(H,14,18). The zero-order chi connectivity index (χ0) is 14.1. The Hall–Kier alpha value is -1.58. The molecule has 0 aromatic carbocycles. The first-order valence-corrected chi connectivity index (χ1v) is 7.88. The lowest BCUT2D eigenvalue weighted by atomic mass is 10.4. The van der Waals surface area contributed by atoms with E-state index < -0.39 is 0 Å². The van der Waals surface area contributed by atoms with Crippen LogP contribution in [0.15, 0.2) is 22.1 Å². The van der Waals surface area contributed by atoms with Crippen LogP contribution in [0.4, 0.5) is 0 Å². The third kappa shape index (κ3) is 2.65. The highest BCUT2D eigenvalue weighted by molar-refractivity contribution is 7.98. The van der Waals surface area contributed by atoms with Gasteiger partial charge in [-0.15, -0.1) is 16.4 Å². The molecule has 1 aliphatic carbocycles. The molecule has 0 radical (unpaired) electrons. The molecule has 1 aliphatic rings. The number of aromatic nitrogens is 3. The van der Waals surface area contributed by atoms with Crippen molar-refractivity contribution >= 4 is 29.0 Å². The second-order valence-electron chi connectivity index (χ2n) is 4.44. The fraction of sp³-hybridized carbons (Fsp3) is 0.364. The summed E-state index contributed by atoms with van der Waals surface area (Å²) in [4.78, 5) is 24.6. The number of aromatic amines is 1. The van der Waals surface area contributed by atoms with E-state index in [1.807, 2.05) is 6.07 Å². The zero-order valence-electron chi connectivity index (χ0n) is 10.5. The Labute approximate surface area is 122 Å². The summed E-state index contributed by atoms with van der Waals surface area (Å²) < 4.78 is 1.71. The molecule has 4 N–H and O–H groups in total. The average Bonchev–Trinajstić information content (AvgIpc) is 3.05. The largest absolute Gasteiger partial charge is 0.344 e. The van der Waals surface area contributed by atoms with E-state index in [4.69, 9.17) is 5.84 Å². The summed E-state index contributed by atoms with van der Waals surface area (Å²) in [5, 5.41) is 7.24. The van der Waals surface area contributed by atoms with Crippen LogP contribution in [0.3, 0.4) is 0 Å². The first-order chi connectivity index (χ1) is 9.69. The molecule has 1 saturated carbocycles. The number of carbonyl (C=O) groups excluding carboxylic acids is 1. The van der Waals surface area contributed by atoms with Crippen LogP contribution in [0.25, 0.3) is 0 Å². The number of nitrogens with one attached hydrogen (secondary N) is 2. The quantitative estimate of drug-likeness (QED) is 0.329. The van der Waals surface area contributed by atoms with Gasteiger partial charge in [-0.05, 0) is 25.0 Å².